The van der Waals surface area contributed by atoms with Crippen molar-refractivity contribution in [2.24, 2.45) is 11.3 Å². The molecule has 0 aromatic heterocycles. The molecule has 3 aromatic rings. The number of ketones is 2. The maximum absolute atomic E-state index is 14.9. The van der Waals surface area contributed by atoms with Gasteiger partial charge in [-0.25, -0.2) is 0 Å². The summed E-state index contributed by atoms with van der Waals surface area (Å²) in [5.74, 6) is 0.602. The third kappa shape index (κ3) is 8.26. The monoisotopic (exact) mass is 620 g/mol. The van der Waals surface area contributed by atoms with Crippen molar-refractivity contribution in [1.29, 1.82) is 0 Å². The highest BCUT2D eigenvalue weighted by molar-refractivity contribution is 7.34. The first kappa shape index (κ1) is 34.8. The topological polar surface area (TPSA) is 88.1 Å². The summed E-state index contributed by atoms with van der Waals surface area (Å²) in [6.45, 7) is 17.3. The zero-order chi connectivity index (χ0) is 32.4. The van der Waals surface area contributed by atoms with Crippen LogP contribution in [0.1, 0.15) is 99.2 Å². The van der Waals surface area contributed by atoms with Crippen LogP contribution < -0.4 is 24.3 Å². The number of benzene rings is 3. The fraction of sp³-hybridized carbons (Fsp3) is 0.444. The number of carbonyl (C=O) groups is 2. The van der Waals surface area contributed by atoms with Crippen LogP contribution >= 0.6 is 8.46 Å². The highest BCUT2D eigenvalue weighted by Crippen LogP contribution is 2.38. The number of rotatable bonds is 16. The van der Waals surface area contributed by atoms with Crippen molar-refractivity contribution in [3.05, 3.63) is 76.3 Å². The fourth-order valence-corrected chi connectivity index (χ4v) is 6.13. The molecule has 0 saturated heterocycles. The lowest BCUT2D eigenvalue weighted by atomic mass is 9.80. The molecule has 0 saturated carbocycles. The van der Waals surface area contributed by atoms with Crippen molar-refractivity contribution in [2.75, 3.05) is 26.4 Å². The van der Waals surface area contributed by atoms with E-state index < -0.39 is 20.0 Å². The summed E-state index contributed by atoms with van der Waals surface area (Å²) in [6, 6.07) is 13.8. The van der Waals surface area contributed by atoms with E-state index in [-0.39, 0.29) is 38.9 Å². The Kier molecular flexibility index (Phi) is 12.5. The van der Waals surface area contributed by atoms with Crippen molar-refractivity contribution >= 4 is 25.3 Å². The SMILES string of the molecule is CCOc1cccc(OCC)c1C(=O)c1c(CC(C)CC(C)(C)C)ccc(P=O)c1C(=O)c1c(OCC)cccc1OCC. The molecular weight excluding hydrogens is 575 g/mol. The molecule has 0 aliphatic carbocycles. The second-order valence-electron chi connectivity index (χ2n) is 11.8. The van der Waals surface area contributed by atoms with Crippen molar-refractivity contribution < 1.29 is 33.1 Å². The largest absolute Gasteiger partial charge is 0.493 e. The van der Waals surface area contributed by atoms with Gasteiger partial charge in [0, 0.05) is 11.1 Å². The maximum Gasteiger partial charge on any atom is 0.202 e. The summed E-state index contributed by atoms with van der Waals surface area (Å²) in [5, 5.41) is 0.200. The maximum atomic E-state index is 14.9. The molecule has 3 aromatic carbocycles. The molecule has 0 radical (unpaired) electrons. The minimum atomic E-state index is -0.503. The van der Waals surface area contributed by atoms with E-state index >= 15 is 0 Å². The molecule has 0 aliphatic heterocycles. The van der Waals surface area contributed by atoms with Crippen LogP contribution in [0.4, 0.5) is 0 Å². The molecule has 0 fully saturated rings. The van der Waals surface area contributed by atoms with Gasteiger partial charge in [0.2, 0.25) is 11.6 Å². The molecule has 0 spiro atoms. The van der Waals surface area contributed by atoms with Gasteiger partial charge in [0.25, 0.3) is 0 Å². The van der Waals surface area contributed by atoms with E-state index in [4.69, 9.17) is 18.9 Å². The smallest absolute Gasteiger partial charge is 0.202 e. The predicted octanol–water partition coefficient (Wildman–Crippen LogP) is 8.28. The van der Waals surface area contributed by atoms with Crippen LogP contribution in [0.25, 0.3) is 0 Å². The van der Waals surface area contributed by atoms with Crippen LogP contribution in [0.2, 0.25) is 0 Å². The Morgan fingerprint density at radius 2 is 1.07 bits per heavy atom. The Labute approximate surface area is 263 Å². The van der Waals surface area contributed by atoms with Gasteiger partial charge in [0.1, 0.15) is 34.1 Å². The van der Waals surface area contributed by atoms with E-state index in [1.54, 1.807) is 42.5 Å². The average molecular weight is 621 g/mol. The van der Waals surface area contributed by atoms with Crippen LogP contribution in [0, 0.1) is 11.3 Å². The van der Waals surface area contributed by atoms with Gasteiger partial charge in [-0.2, -0.15) is 0 Å². The Hall–Kier alpha value is -3.70. The highest BCUT2D eigenvalue weighted by Gasteiger charge is 2.33. The van der Waals surface area contributed by atoms with Crippen LogP contribution in [-0.2, 0) is 11.0 Å². The van der Waals surface area contributed by atoms with Crippen molar-refractivity contribution in [3.8, 4) is 23.0 Å². The predicted molar refractivity (Wildman–Crippen MR) is 175 cm³/mol. The zero-order valence-electron chi connectivity index (χ0n) is 27.2. The third-order valence-electron chi connectivity index (χ3n) is 6.98. The van der Waals surface area contributed by atoms with Crippen LogP contribution in [0.5, 0.6) is 23.0 Å². The fourth-order valence-electron chi connectivity index (χ4n) is 5.69. The molecule has 7 nitrogen and oxygen atoms in total. The average Bonchev–Trinajstić information content (AvgIpc) is 2.96. The number of carbonyl (C=O) groups excluding carboxylic acids is 2. The second-order valence-corrected chi connectivity index (χ2v) is 12.5. The van der Waals surface area contributed by atoms with Crippen molar-refractivity contribution in [2.45, 2.75) is 68.2 Å². The van der Waals surface area contributed by atoms with Crippen molar-refractivity contribution in [3.63, 3.8) is 0 Å². The van der Waals surface area contributed by atoms with Gasteiger partial charge in [0.05, 0.1) is 31.7 Å². The standard InChI is InChI=1S/C36H45O7P/c1-9-40-25-15-13-16-26(41-10-2)31(25)34(37)30-24(21-23(5)22-36(6,7)8)19-20-29(44-39)33(30)35(38)32-27(42-11-3)17-14-18-28(32)43-12-4/h13-20,23H,9-12,21-22H2,1-8H3. The first-order valence-electron chi connectivity index (χ1n) is 15.4. The highest BCUT2D eigenvalue weighted by atomic mass is 31.1. The minimum absolute atomic E-state index is 0.0500. The van der Waals surface area contributed by atoms with Crippen LogP contribution in [-0.4, -0.2) is 38.0 Å². The summed E-state index contributed by atoms with van der Waals surface area (Å²) >= 11 is 0. The molecular formula is C36H45O7P. The summed E-state index contributed by atoms with van der Waals surface area (Å²) in [7, 11) is -0.398. The Morgan fingerprint density at radius 3 is 1.43 bits per heavy atom. The van der Waals surface area contributed by atoms with Gasteiger partial charge in [-0.15, -0.1) is 0 Å². The molecule has 0 amide bonds. The molecule has 0 bridgehead atoms. The second kappa shape index (κ2) is 15.9. The molecule has 44 heavy (non-hydrogen) atoms. The number of ether oxygens (including phenoxy) is 4. The zero-order valence-corrected chi connectivity index (χ0v) is 28.1. The van der Waals surface area contributed by atoms with E-state index in [1.165, 1.54) is 0 Å². The summed E-state index contributed by atoms with van der Waals surface area (Å²) < 4.78 is 36.2. The van der Waals surface area contributed by atoms with E-state index in [0.717, 1.165) is 6.42 Å². The van der Waals surface area contributed by atoms with Gasteiger partial charge in [-0.3, -0.25) is 14.2 Å². The van der Waals surface area contributed by atoms with Gasteiger partial charge in [-0.05, 0) is 87.8 Å². The first-order chi connectivity index (χ1) is 21.0. The van der Waals surface area contributed by atoms with Crippen molar-refractivity contribution in [1.82, 2.24) is 0 Å². The molecule has 0 heterocycles. The lowest BCUT2D eigenvalue weighted by molar-refractivity contribution is 0.0994. The third-order valence-corrected chi connectivity index (χ3v) is 7.55. The van der Waals surface area contributed by atoms with Gasteiger partial charge in [-0.1, -0.05) is 45.9 Å². The summed E-state index contributed by atoms with van der Waals surface area (Å²) in [6.07, 6.45) is 1.42. The Bertz CT molecular complexity index is 1420. The Balaban J connectivity index is 2.43. The number of hydrogen-bond acceptors (Lipinski definition) is 7. The molecule has 0 aliphatic rings. The minimum Gasteiger partial charge on any atom is -0.493 e. The molecule has 3 rings (SSSR count). The van der Waals surface area contributed by atoms with E-state index in [0.29, 0.717) is 61.4 Å². The summed E-state index contributed by atoms with van der Waals surface area (Å²) in [4.78, 5) is 29.6. The van der Waals surface area contributed by atoms with E-state index in [2.05, 4.69) is 27.7 Å². The lowest BCUT2D eigenvalue weighted by Gasteiger charge is -2.25. The van der Waals surface area contributed by atoms with Gasteiger partial charge in [0.15, 0.2) is 8.46 Å². The Morgan fingerprint density at radius 1 is 0.659 bits per heavy atom. The van der Waals surface area contributed by atoms with Gasteiger partial charge >= 0.3 is 0 Å². The number of hydrogen-bond donors (Lipinski definition) is 0. The molecule has 236 valence electrons. The van der Waals surface area contributed by atoms with E-state index in [9.17, 15) is 14.2 Å². The van der Waals surface area contributed by atoms with E-state index in [1.807, 2.05) is 33.8 Å². The molecule has 1 atom stereocenters. The molecule has 8 heteroatoms. The summed E-state index contributed by atoms with van der Waals surface area (Å²) in [5.41, 5.74) is 1.37. The molecule has 0 N–H and O–H groups in total. The van der Waals surface area contributed by atoms with Gasteiger partial charge < -0.3 is 18.9 Å². The quantitative estimate of drug-likeness (QED) is 0.118. The van der Waals surface area contributed by atoms with Crippen LogP contribution in [0.15, 0.2) is 48.5 Å². The van der Waals surface area contributed by atoms with Crippen LogP contribution in [0.3, 0.4) is 0 Å². The molecule has 1 unspecified atom stereocenters. The normalized spacial score (nSPS) is 12.1. The lowest BCUT2D eigenvalue weighted by Crippen LogP contribution is -2.24. The first-order valence-corrected chi connectivity index (χ1v) is 16.2.